The molecule has 0 saturated heterocycles. The van der Waals surface area contributed by atoms with Crippen molar-refractivity contribution in [1.29, 1.82) is 0 Å². The summed E-state index contributed by atoms with van der Waals surface area (Å²) in [7, 11) is 0. The van der Waals surface area contributed by atoms with E-state index in [9.17, 15) is 15.0 Å². The van der Waals surface area contributed by atoms with Gasteiger partial charge in [0.25, 0.3) is 0 Å². The molecule has 6 heteroatoms. The molecular weight excluding hydrogens is 286 g/mol. The van der Waals surface area contributed by atoms with E-state index < -0.39 is 12.0 Å². The van der Waals surface area contributed by atoms with Crippen molar-refractivity contribution in [3.05, 3.63) is 51.2 Å². The Balaban J connectivity index is 2.08. The van der Waals surface area contributed by atoms with Crippen molar-refractivity contribution >= 4 is 28.9 Å². The van der Waals surface area contributed by atoms with Crippen molar-refractivity contribution in [2.75, 3.05) is 0 Å². The highest BCUT2D eigenvalue weighted by molar-refractivity contribution is 7.16. The number of nitrogens with one attached hydrogen (secondary N) is 1. The minimum atomic E-state index is -0.964. The van der Waals surface area contributed by atoms with Crippen molar-refractivity contribution < 1.29 is 15.0 Å². The third-order valence-electron chi connectivity index (χ3n) is 2.58. The number of aromatic hydroxyl groups is 1. The molecule has 3 N–H and O–H groups in total. The van der Waals surface area contributed by atoms with Crippen molar-refractivity contribution in [2.24, 2.45) is 0 Å². The van der Waals surface area contributed by atoms with E-state index in [1.807, 2.05) is 6.07 Å². The van der Waals surface area contributed by atoms with E-state index in [0.717, 1.165) is 4.88 Å². The maximum atomic E-state index is 11.3. The topological polar surface area (TPSA) is 69.6 Å². The van der Waals surface area contributed by atoms with Crippen LogP contribution in [0.25, 0.3) is 0 Å². The molecule has 2 aromatic rings. The largest absolute Gasteiger partial charge is 0.508 e. The van der Waals surface area contributed by atoms with Gasteiger partial charge in [-0.3, -0.25) is 10.1 Å². The predicted octanol–water partition coefficient (Wildman–Crippen LogP) is 3.02. The molecule has 4 nitrogen and oxygen atoms in total. The Morgan fingerprint density at radius 1 is 1.26 bits per heavy atom. The van der Waals surface area contributed by atoms with Gasteiger partial charge in [-0.15, -0.1) is 11.3 Å². The number of aliphatic carboxylic acids is 1. The highest BCUT2D eigenvalue weighted by Crippen LogP contribution is 2.23. The smallest absolute Gasteiger partial charge is 0.325 e. The molecule has 0 fully saturated rings. The van der Waals surface area contributed by atoms with E-state index in [-0.39, 0.29) is 5.75 Å². The monoisotopic (exact) mass is 297 g/mol. The molecule has 1 aromatic carbocycles. The standard InChI is InChI=1S/C13H12ClNO3S/c14-11-6-5-10(19-11)7-15-12(13(17)18)8-1-3-9(16)4-2-8/h1-6,12,15-16H,7H2,(H,17,18)/t12-/m1/s1. The molecule has 0 spiro atoms. The summed E-state index contributed by atoms with van der Waals surface area (Å²) in [5.74, 6) is -0.855. The first kappa shape index (κ1) is 13.9. The Morgan fingerprint density at radius 2 is 1.95 bits per heavy atom. The number of rotatable bonds is 5. The lowest BCUT2D eigenvalue weighted by atomic mass is 10.1. The number of carboxylic acid groups (broad SMARTS) is 1. The number of hydrogen-bond acceptors (Lipinski definition) is 4. The molecule has 1 aromatic heterocycles. The molecule has 1 atom stereocenters. The maximum Gasteiger partial charge on any atom is 0.325 e. The fourth-order valence-electron chi connectivity index (χ4n) is 1.66. The molecule has 19 heavy (non-hydrogen) atoms. The summed E-state index contributed by atoms with van der Waals surface area (Å²) >= 11 is 7.23. The molecule has 0 unspecified atom stereocenters. The molecule has 100 valence electrons. The van der Waals surface area contributed by atoms with E-state index in [4.69, 9.17) is 11.6 Å². The average molecular weight is 298 g/mol. The zero-order valence-corrected chi connectivity index (χ0v) is 11.4. The van der Waals surface area contributed by atoms with E-state index >= 15 is 0 Å². The predicted molar refractivity (Wildman–Crippen MR) is 74.7 cm³/mol. The van der Waals surface area contributed by atoms with E-state index in [0.29, 0.717) is 16.4 Å². The summed E-state index contributed by atoms with van der Waals surface area (Å²) in [5.41, 5.74) is 0.591. The van der Waals surface area contributed by atoms with Crippen LogP contribution in [0.2, 0.25) is 4.34 Å². The lowest BCUT2D eigenvalue weighted by molar-refractivity contribution is -0.139. The maximum absolute atomic E-state index is 11.3. The number of phenolic OH excluding ortho intramolecular Hbond substituents is 1. The van der Waals surface area contributed by atoms with Gasteiger partial charge in [-0.1, -0.05) is 23.7 Å². The normalized spacial score (nSPS) is 12.3. The fraction of sp³-hybridized carbons (Fsp3) is 0.154. The Hall–Kier alpha value is -1.56. The molecule has 0 aliphatic carbocycles. The summed E-state index contributed by atoms with van der Waals surface area (Å²) in [4.78, 5) is 12.2. The van der Waals surface area contributed by atoms with Gasteiger partial charge in [0.05, 0.1) is 4.34 Å². The van der Waals surface area contributed by atoms with E-state index in [1.165, 1.54) is 23.5 Å². The van der Waals surface area contributed by atoms with Crippen LogP contribution in [0.5, 0.6) is 5.75 Å². The highest BCUT2D eigenvalue weighted by Gasteiger charge is 2.19. The average Bonchev–Trinajstić information content (AvgIpc) is 2.77. The lowest BCUT2D eigenvalue weighted by Crippen LogP contribution is -2.27. The van der Waals surface area contributed by atoms with Crippen LogP contribution in [-0.2, 0) is 11.3 Å². The van der Waals surface area contributed by atoms with Crippen LogP contribution >= 0.6 is 22.9 Å². The van der Waals surface area contributed by atoms with Gasteiger partial charge in [0.2, 0.25) is 0 Å². The molecular formula is C13H12ClNO3S. The second-order valence-electron chi connectivity index (χ2n) is 3.95. The van der Waals surface area contributed by atoms with Gasteiger partial charge in [-0.25, -0.2) is 0 Å². The highest BCUT2D eigenvalue weighted by atomic mass is 35.5. The van der Waals surface area contributed by atoms with Crippen LogP contribution in [0, 0.1) is 0 Å². The van der Waals surface area contributed by atoms with Crippen molar-refractivity contribution in [3.63, 3.8) is 0 Å². The number of halogens is 1. The number of phenols is 1. The van der Waals surface area contributed by atoms with Crippen LogP contribution in [0.1, 0.15) is 16.5 Å². The molecule has 0 radical (unpaired) electrons. The zero-order valence-electron chi connectivity index (χ0n) is 9.84. The molecule has 1 heterocycles. The summed E-state index contributed by atoms with van der Waals surface area (Å²) < 4.78 is 0.674. The first-order valence-electron chi connectivity index (χ1n) is 5.55. The van der Waals surface area contributed by atoms with Crippen LogP contribution < -0.4 is 5.32 Å². The number of carbonyl (C=O) groups is 1. The van der Waals surface area contributed by atoms with Gasteiger partial charge in [0.15, 0.2) is 0 Å². The number of carboxylic acids is 1. The molecule has 0 aliphatic heterocycles. The van der Waals surface area contributed by atoms with Crippen LogP contribution in [0.3, 0.4) is 0 Å². The summed E-state index contributed by atoms with van der Waals surface area (Å²) in [6, 6.07) is 8.92. The Morgan fingerprint density at radius 3 is 2.47 bits per heavy atom. The first-order chi connectivity index (χ1) is 9.06. The van der Waals surface area contributed by atoms with E-state index in [2.05, 4.69) is 5.32 Å². The van der Waals surface area contributed by atoms with Crippen molar-refractivity contribution in [2.45, 2.75) is 12.6 Å². The molecule has 2 rings (SSSR count). The minimum absolute atomic E-state index is 0.109. The second-order valence-corrected chi connectivity index (χ2v) is 5.75. The Kier molecular flexibility index (Phi) is 4.42. The molecule has 0 bridgehead atoms. The van der Waals surface area contributed by atoms with Gasteiger partial charge in [-0.05, 0) is 29.8 Å². The number of benzene rings is 1. The van der Waals surface area contributed by atoms with Gasteiger partial charge in [-0.2, -0.15) is 0 Å². The fourth-order valence-corrected chi connectivity index (χ4v) is 2.70. The SMILES string of the molecule is O=C(O)[C@H](NCc1ccc(Cl)s1)c1ccc(O)cc1. The van der Waals surface area contributed by atoms with Crippen molar-refractivity contribution in [1.82, 2.24) is 5.32 Å². The summed E-state index contributed by atoms with van der Waals surface area (Å²) in [6.07, 6.45) is 0. The van der Waals surface area contributed by atoms with Gasteiger partial charge in [0, 0.05) is 11.4 Å². The third kappa shape index (κ3) is 3.70. The van der Waals surface area contributed by atoms with Crippen LogP contribution in [0.4, 0.5) is 0 Å². The van der Waals surface area contributed by atoms with Gasteiger partial charge in [0.1, 0.15) is 11.8 Å². The lowest BCUT2D eigenvalue weighted by Gasteiger charge is -2.14. The zero-order chi connectivity index (χ0) is 13.8. The van der Waals surface area contributed by atoms with Crippen molar-refractivity contribution in [3.8, 4) is 5.75 Å². The number of thiophene rings is 1. The molecule has 0 saturated carbocycles. The first-order valence-corrected chi connectivity index (χ1v) is 6.75. The van der Waals surface area contributed by atoms with Crippen LogP contribution in [0.15, 0.2) is 36.4 Å². The quantitative estimate of drug-likeness (QED) is 0.793. The Labute approximate surface area is 119 Å². The summed E-state index contributed by atoms with van der Waals surface area (Å²) in [5, 5.41) is 21.4. The molecule has 0 amide bonds. The second kappa shape index (κ2) is 6.06. The van der Waals surface area contributed by atoms with Gasteiger partial charge < -0.3 is 10.2 Å². The molecule has 0 aliphatic rings. The minimum Gasteiger partial charge on any atom is -0.508 e. The Bertz CT molecular complexity index is 568. The van der Waals surface area contributed by atoms with Crippen LogP contribution in [-0.4, -0.2) is 16.2 Å². The van der Waals surface area contributed by atoms with E-state index in [1.54, 1.807) is 18.2 Å². The third-order valence-corrected chi connectivity index (χ3v) is 3.81. The summed E-state index contributed by atoms with van der Waals surface area (Å²) in [6.45, 7) is 0.426. The van der Waals surface area contributed by atoms with Gasteiger partial charge >= 0.3 is 5.97 Å². The number of hydrogen-bond donors (Lipinski definition) is 3.